The van der Waals surface area contributed by atoms with Crippen molar-refractivity contribution in [2.45, 2.75) is 70.7 Å². The van der Waals surface area contributed by atoms with E-state index in [0.717, 1.165) is 33.4 Å². The highest BCUT2D eigenvalue weighted by Gasteiger charge is 2.32. The van der Waals surface area contributed by atoms with Gasteiger partial charge in [0.05, 0.1) is 19.1 Å². The Hall–Kier alpha value is -6.97. The van der Waals surface area contributed by atoms with Crippen LogP contribution in [0.3, 0.4) is 0 Å². The SMILES string of the molecule is COc1cc(C)c(CC(NC(=O)C(CCCn2ccnc2N)OC(N)=O)C(=O)NC(Cc2cn(C)cn2)c2nc(Cc3ccc(-c4ccccc4)cc3)no2)c(C)c1. The van der Waals surface area contributed by atoms with Crippen LogP contribution in [0.2, 0.25) is 0 Å². The van der Waals surface area contributed by atoms with Crippen molar-refractivity contribution in [3.8, 4) is 16.9 Å². The lowest BCUT2D eigenvalue weighted by Crippen LogP contribution is -2.52. The van der Waals surface area contributed by atoms with Gasteiger partial charge in [-0.1, -0.05) is 59.8 Å². The van der Waals surface area contributed by atoms with E-state index >= 15 is 0 Å². The van der Waals surface area contributed by atoms with Gasteiger partial charge in [0, 0.05) is 51.4 Å². The number of ether oxygens (including phenoxy) is 2. The molecule has 0 aliphatic carbocycles. The molecule has 58 heavy (non-hydrogen) atoms. The van der Waals surface area contributed by atoms with Crippen molar-refractivity contribution in [3.63, 3.8) is 0 Å². The number of nitrogens with one attached hydrogen (secondary N) is 2. The van der Waals surface area contributed by atoms with Crippen molar-refractivity contribution in [3.05, 3.63) is 131 Å². The first-order valence-electron chi connectivity index (χ1n) is 18.9. The van der Waals surface area contributed by atoms with Gasteiger partial charge in [-0.15, -0.1) is 0 Å². The van der Waals surface area contributed by atoms with Crippen LogP contribution in [0.1, 0.15) is 58.5 Å². The number of aryl methyl sites for hydroxylation is 4. The van der Waals surface area contributed by atoms with Gasteiger partial charge in [-0.05, 0) is 72.2 Å². The maximum atomic E-state index is 14.5. The molecule has 0 bridgehead atoms. The van der Waals surface area contributed by atoms with Crippen molar-refractivity contribution in [2.75, 3.05) is 12.8 Å². The fraction of sp³-hybridized carbons (Fsp3) is 0.310. The van der Waals surface area contributed by atoms with Crippen LogP contribution in [0.5, 0.6) is 5.75 Å². The van der Waals surface area contributed by atoms with Crippen LogP contribution in [0.15, 0.2) is 96.2 Å². The Morgan fingerprint density at radius 2 is 1.66 bits per heavy atom. The largest absolute Gasteiger partial charge is 0.497 e. The molecule has 6 aromatic rings. The summed E-state index contributed by atoms with van der Waals surface area (Å²) < 4.78 is 20.0. The van der Waals surface area contributed by atoms with Gasteiger partial charge >= 0.3 is 6.09 Å². The van der Waals surface area contributed by atoms with Crippen LogP contribution in [-0.2, 0) is 47.2 Å². The molecule has 16 heteroatoms. The zero-order valence-corrected chi connectivity index (χ0v) is 32.9. The number of hydrogen-bond acceptors (Lipinski definition) is 11. The maximum Gasteiger partial charge on any atom is 0.405 e. The number of hydrogen-bond donors (Lipinski definition) is 4. The van der Waals surface area contributed by atoms with Crippen molar-refractivity contribution in [1.29, 1.82) is 0 Å². The molecular weight excluding hydrogens is 741 g/mol. The van der Waals surface area contributed by atoms with Crippen LogP contribution in [0.25, 0.3) is 11.1 Å². The summed E-state index contributed by atoms with van der Waals surface area (Å²) in [7, 11) is 3.43. The minimum absolute atomic E-state index is 0.0957. The van der Waals surface area contributed by atoms with E-state index in [0.29, 0.717) is 42.6 Å². The molecule has 302 valence electrons. The summed E-state index contributed by atoms with van der Waals surface area (Å²) in [6.45, 7) is 4.22. The Kier molecular flexibility index (Phi) is 13.2. The third-order valence-electron chi connectivity index (χ3n) is 9.80. The van der Waals surface area contributed by atoms with Gasteiger partial charge in [0.2, 0.25) is 11.8 Å². The van der Waals surface area contributed by atoms with E-state index in [2.05, 4.69) is 37.9 Å². The van der Waals surface area contributed by atoms with Crippen molar-refractivity contribution < 1.29 is 28.4 Å². The fourth-order valence-electron chi connectivity index (χ4n) is 6.80. The third-order valence-corrected chi connectivity index (χ3v) is 9.80. The number of methoxy groups -OCH3 is 1. The molecule has 0 fully saturated rings. The first-order chi connectivity index (χ1) is 27.9. The van der Waals surface area contributed by atoms with E-state index < -0.39 is 36.1 Å². The molecule has 3 heterocycles. The normalized spacial score (nSPS) is 12.7. The fourth-order valence-corrected chi connectivity index (χ4v) is 6.80. The van der Waals surface area contributed by atoms with Crippen molar-refractivity contribution in [2.24, 2.45) is 12.8 Å². The number of benzene rings is 3. The molecule has 6 rings (SSSR count). The van der Waals surface area contributed by atoms with Crippen molar-refractivity contribution in [1.82, 2.24) is 39.9 Å². The second-order valence-electron chi connectivity index (χ2n) is 14.1. The summed E-state index contributed by atoms with van der Waals surface area (Å²) in [5, 5.41) is 10.1. The van der Waals surface area contributed by atoms with E-state index in [1.54, 1.807) is 35.0 Å². The third kappa shape index (κ3) is 10.7. The number of aromatic nitrogens is 6. The minimum atomic E-state index is -1.29. The average molecular weight is 789 g/mol. The molecule has 0 radical (unpaired) electrons. The number of primary amides is 1. The van der Waals surface area contributed by atoms with E-state index in [1.165, 1.54) is 0 Å². The molecule has 16 nitrogen and oxygen atoms in total. The lowest BCUT2D eigenvalue weighted by Gasteiger charge is -2.25. The number of nitrogen functional groups attached to an aromatic ring is 1. The van der Waals surface area contributed by atoms with Gasteiger partial charge in [0.1, 0.15) is 17.8 Å². The lowest BCUT2D eigenvalue weighted by molar-refractivity contribution is -0.134. The molecule has 0 aliphatic rings. The topological polar surface area (TPSA) is 220 Å². The summed E-state index contributed by atoms with van der Waals surface area (Å²) >= 11 is 0. The highest BCUT2D eigenvalue weighted by atomic mass is 16.6. The first-order valence-corrected chi connectivity index (χ1v) is 18.9. The zero-order chi connectivity index (χ0) is 41.2. The average Bonchev–Trinajstić information content (AvgIpc) is 3.96. The van der Waals surface area contributed by atoms with Gasteiger partial charge in [-0.3, -0.25) is 9.59 Å². The molecule has 0 saturated heterocycles. The maximum absolute atomic E-state index is 14.5. The van der Waals surface area contributed by atoms with Crippen molar-refractivity contribution >= 4 is 23.9 Å². The zero-order valence-electron chi connectivity index (χ0n) is 32.9. The summed E-state index contributed by atoms with van der Waals surface area (Å²) in [6.07, 6.45) is 5.54. The molecule has 0 spiro atoms. The molecule has 3 aromatic carbocycles. The van der Waals surface area contributed by atoms with Gasteiger partial charge in [0.25, 0.3) is 5.91 Å². The second-order valence-corrected chi connectivity index (χ2v) is 14.1. The molecule has 3 atom stereocenters. The predicted molar refractivity (Wildman–Crippen MR) is 215 cm³/mol. The summed E-state index contributed by atoms with van der Waals surface area (Å²) in [4.78, 5) is 53.5. The van der Waals surface area contributed by atoms with Crippen LogP contribution in [0, 0.1) is 13.8 Å². The number of carbonyl (C=O) groups excluding carboxylic acids is 3. The first kappa shape index (κ1) is 40.7. The lowest BCUT2D eigenvalue weighted by atomic mass is 9.95. The molecule has 3 unspecified atom stereocenters. The number of amides is 3. The van der Waals surface area contributed by atoms with Crippen LogP contribution in [-0.4, -0.2) is 66.4 Å². The van der Waals surface area contributed by atoms with E-state index in [9.17, 15) is 14.4 Å². The summed E-state index contributed by atoms with van der Waals surface area (Å²) in [5.74, 6) is 0.341. The predicted octanol–water partition coefficient (Wildman–Crippen LogP) is 4.54. The Bertz CT molecular complexity index is 2290. The number of carbonyl (C=O) groups is 3. The van der Waals surface area contributed by atoms with Crippen LogP contribution in [0.4, 0.5) is 10.7 Å². The highest BCUT2D eigenvalue weighted by molar-refractivity contribution is 5.90. The molecular formula is C42H48N10O6. The Morgan fingerprint density at radius 1 is 0.931 bits per heavy atom. The van der Waals surface area contributed by atoms with Gasteiger partial charge < -0.3 is 45.2 Å². The van der Waals surface area contributed by atoms with Gasteiger partial charge in [-0.2, -0.15) is 4.98 Å². The Balaban J connectivity index is 1.24. The molecule has 6 N–H and O–H groups in total. The van der Waals surface area contributed by atoms with E-state index in [-0.39, 0.29) is 25.2 Å². The monoisotopic (exact) mass is 788 g/mol. The van der Waals surface area contributed by atoms with Crippen LogP contribution < -0.4 is 26.8 Å². The molecule has 0 saturated carbocycles. The van der Waals surface area contributed by atoms with E-state index in [1.807, 2.05) is 81.7 Å². The summed E-state index contributed by atoms with van der Waals surface area (Å²) in [5.41, 5.74) is 17.7. The second kappa shape index (κ2) is 18.8. The van der Waals surface area contributed by atoms with E-state index in [4.69, 9.17) is 30.4 Å². The summed E-state index contributed by atoms with van der Waals surface area (Å²) in [6, 6.07) is 20.0. The van der Waals surface area contributed by atoms with Gasteiger partial charge in [0.15, 0.2) is 17.9 Å². The van der Waals surface area contributed by atoms with Gasteiger partial charge in [-0.25, -0.2) is 14.8 Å². The highest BCUT2D eigenvalue weighted by Crippen LogP contribution is 2.25. The number of anilines is 1. The number of nitrogens with two attached hydrogens (primary N) is 2. The molecule has 3 amide bonds. The number of imidazole rings is 2. The molecule has 0 aliphatic heterocycles. The quantitative estimate of drug-likeness (QED) is 0.0947. The van der Waals surface area contributed by atoms with Crippen LogP contribution >= 0.6 is 0 Å². The standard InChI is InChI=1S/C42H48N10O6/c1-26-19-32(56-4)20-27(2)33(26)23-34(47-39(54)36(57-42(44)55)11-8-17-52-18-16-45-41(52)43)38(53)48-35(22-31-24-51(3)25-46-31)40-49-37(50-58-40)21-28-12-14-30(15-13-28)29-9-6-5-7-10-29/h5-7,9-10,12-16,18-20,24-25,34-36H,8,11,17,21-23H2,1-4H3,(H2,43,45)(H2,44,55)(H,47,54)(H,48,53). The Labute approximate surface area is 336 Å². The molecule has 3 aromatic heterocycles. The number of rotatable bonds is 18. The smallest absolute Gasteiger partial charge is 0.405 e. The Morgan fingerprint density at radius 3 is 2.29 bits per heavy atom. The number of nitrogens with zero attached hydrogens (tertiary/aromatic N) is 6. The minimum Gasteiger partial charge on any atom is -0.497 e.